The Morgan fingerprint density at radius 2 is 1.46 bits per heavy atom. The van der Waals surface area contributed by atoms with Crippen LogP contribution in [0.1, 0.15) is 38.8 Å². The number of hydrogen-bond donors (Lipinski definition) is 3. The molecule has 0 bridgehead atoms. The molecule has 3 N–H and O–H groups in total. The van der Waals surface area contributed by atoms with Crippen LogP contribution in [0.4, 0.5) is 10.7 Å². The van der Waals surface area contributed by atoms with Gasteiger partial charge in [-0.3, -0.25) is 14.4 Å². The van der Waals surface area contributed by atoms with Crippen LogP contribution in [0.15, 0.2) is 107 Å². The Balaban J connectivity index is 1.35. The van der Waals surface area contributed by atoms with E-state index in [1.54, 1.807) is 67.6 Å². The molecule has 11 nitrogen and oxygen atoms in total. The van der Waals surface area contributed by atoms with Crippen LogP contribution in [0.2, 0.25) is 0 Å². The van der Waals surface area contributed by atoms with Gasteiger partial charge in [-0.15, -0.1) is 23.1 Å². The predicted octanol–water partition coefficient (Wildman–Crippen LogP) is 8.06. The van der Waals surface area contributed by atoms with E-state index in [2.05, 4.69) is 16.0 Å². The molecule has 0 saturated heterocycles. The molecule has 0 aliphatic carbocycles. The summed E-state index contributed by atoms with van der Waals surface area (Å²) < 4.78 is 21.5. The number of nitrogens with one attached hydrogen (secondary N) is 3. The van der Waals surface area contributed by atoms with Crippen LogP contribution < -0.4 is 30.2 Å². The van der Waals surface area contributed by atoms with Crippen molar-refractivity contribution in [2.24, 2.45) is 0 Å². The second-order valence-electron chi connectivity index (χ2n) is 11.8. The van der Waals surface area contributed by atoms with E-state index < -0.39 is 23.0 Å². The third-order valence-electron chi connectivity index (χ3n) is 8.12. The monoisotopic (exact) mass is 765 g/mol. The largest absolute Gasteiger partial charge is 0.496 e. The van der Waals surface area contributed by atoms with Crippen molar-refractivity contribution in [2.75, 3.05) is 39.1 Å². The lowest BCUT2D eigenvalue weighted by molar-refractivity contribution is -0.115. The minimum Gasteiger partial charge on any atom is -0.496 e. The van der Waals surface area contributed by atoms with Gasteiger partial charge < -0.3 is 34.9 Å². The molecule has 1 aromatic heterocycles. The molecule has 54 heavy (non-hydrogen) atoms. The van der Waals surface area contributed by atoms with Gasteiger partial charge in [0.2, 0.25) is 5.91 Å². The highest BCUT2D eigenvalue weighted by molar-refractivity contribution is 8.00. The summed E-state index contributed by atoms with van der Waals surface area (Å²) in [5.74, 6) is -0.777. The number of esters is 1. The molecule has 1 atom stereocenters. The summed E-state index contributed by atoms with van der Waals surface area (Å²) in [6, 6.07) is 26.5. The number of amides is 3. The molecule has 1 heterocycles. The van der Waals surface area contributed by atoms with Crippen LogP contribution >= 0.6 is 23.1 Å². The van der Waals surface area contributed by atoms with Gasteiger partial charge in [-0.2, -0.15) is 0 Å². The third-order valence-corrected chi connectivity index (χ3v) is 10.1. The Kier molecular flexibility index (Phi) is 13.1. The van der Waals surface area contributed by atoms with Crippen LogP contribution in [0.5, 0.6) is 17.2 Å². The number of thiophene rings is 1. The quantitative estimate of drug-likeness (QED) is 0.0582. The first-order valence-corrected chi connectivity index (χ1v) is 18.3. The smallest absolute Gasteiger partial charge is 0.341 e. The zero-order valence-electron chi connectivity index (χ0n) is 30.5. The molecular weight excluding hydrogens is 727 g/mol. The van der Waals surface area contributed by atoms with Crippen molar-refractivity contribution in [3.8, 4) is 28.4 Å². The van der Waals surface area contributed by atoms with Crippen molar-refractivity contribution in [3.05, 3.63) is 124 Å². The topological polar surface area (TPSA) is 141 Å². The standard InChI is InChI=1S/C41H39N3O8S2/c1-24-15-17-26(18-16-24)31-23-53-40(36(31)41(48)52-6)44-37(45)25(2)54-30-14-10-13-29(21-30)42-39(47)32(43-38(46)27-11-8-7-9-12-27)19-28-20-34(50-4)35(51-5)22-33(28)49-3/h7-23,25H,1-6H3,(H,42,47)(H,43,46)(H,44,45)/b32-19+. The van der Waals surface area contributed by atoms with E-state index >= 15 is 0 Å². The maximum Gasteiger partial charge on any atom is 0.341 e. The molecule has 4 aromatic carbocycles. The van der Waals surface area contributed by atoms with Gasteiger partial charge >= 0.3 is 5.97 Å². The highest BCUT2D eigenvalue weighted by Gasteiger charge is 2.25. The average molecular weight is 766 g/mol. The molecule has 0 radical (unpaired) electrons. The number of ether oxygens (including phenoxy) is 4. The van der Waals surface area contributed by atoms with Crippen LogP contribution in [0.3, 0.4) is 0 Å². The minimum atomic E-state index is -0.610. The number of carbonyl (C=O) groups is 4. The van der Waals surface area contributed by atoms with E-state index in [1.807, 2.05) is 42.6 Å². The Bertz CT molecular complexity index is 2180. The Hall–Kier alpha value is -6.05. The normalized spacial score (nSPS) is 11.6. The first-order valence-electron chi connectivity index (χ1n) is 16.6. The van der Waals surface area contributed by atoms with E-state index in [0.29, 0.717) is 49.5 Å². The SMILES string of the molecule is COC(=O)c1c(-c2ccc(C)cc2)csc1NC(=O)C(C)Sc1cccc(NC(=O)/C(=C\c2cc(OC)c(OC)cc2OC)NC(=O)c2ccccc2)c1. The number of anilines is 2. The lowest BCUT2D eigenvalue weighted by Gasteiger charge is -2.15. The Morgan fingerprint density at radius 1 is 0.778 bits per heavy atom. The number of carbonyl (C=O) groups excluding carboxylic acids is 4. The predicted molar refractivity (Wildman–Crippen MR) is 213 cm³/mol. The van der Waals surface area contributed by atoms with Gasteiger partial charge in [-0.25, -0.2) is 4.79 Å². The van der Waals surface area contributed by atoms with Crippen molar-refractivity contribution in [1.82, 2.24) is 5.32 Å². The van der Waals surface area contributed by atoms with E-state index in [1.165, 1.54) is 57.6 Å². The van der Waals surface area contributed by atoms with Crippen LogP contribution in [0, 0.1) is 6.92 Å². The molecule has 0 spiro atoms. The number of hydrogen-bond acceptors (Lipinski definition) is 10. The molecule has 0 fully saturated rings. The first kappa shape index (κ1) is 39.2. The summed E-state index contributed by atoms with van der Waals surface area (Å²) in [5.41, 5.74) is 4.03. The number of aryl methyl sites for hydroxylation is 1. The van der Waals surface area contributed by atoms with Gasteiger partial charge in [-0.1, -0.05) is 54.1 Å². The van der Waals surface area contributed by atoms with E-state index in [9.17, 15) is 19.2 Å². The Labute approximate surface area is 321 Å². The molecule has 3 amide bonds. The van der Waals surface area contributed by atoms with E-state index in [0.717, 1.165) is 11.1 Å². The Morgan fingerprint density at radius 3 is 2.13 bits per heavy atom. The van der Waals surface area contributed by atoms with Gasteiger partial charge in [0.05, 0.1) is 33.7 Å². The van der Waals surface area contributed by atoms with Gasteiger partial charge in [-0.05, 0) is 61.9 Å². The fourth-order valence-corrected chi connectivity index (χ4v) is 7.17. The van der Waals surface area contributed by atoms with Crippen molar-refractivity contribution in [3.63, 3.8) is 0 Å². The number of thioether (sulfide) groups is 1. The minimum absolute atomic E-state index is 0.0671. The molecule has 5 rings (SSSR count). The average Bonchev–Trinajstić information content (AvgIpc) is 3.60. The fourth-order valence-electron chi connectivity index (χ4n) is 5.28. The molecule has 1 unspecified atom stereocenters. The molecule has 0 aliphatic heterocycles. The van der Waals surface area contributed by atoms with Crippen LogP contribution in [-0.2, 0) is 14.3 Å². The number of benzene rings is 4. The highest BCUT2D eigenvalue weighted by atomic mass is 32.2. The summed E-state index contributed by atoms with van der Waals surface area (Å²) in [6.07, 6.45) is 1.49. The zero-order chi connectivity index (χ0) is 38.8. The summed E-state index contributed by atoms with van der Waals surface area (Å²) >= 11 is 2.51. The lowest BCUT2D eigenvalue weighted by atomic mass is 10.0. The van der Waals surface area contributed by atoms with Crippen molar-refractivity contribution >= 4 is 63.6 Å². The van der Waals surface area contributed by atoms with Crippen LogP contribution in [-0.4, -0.2) is 57.4 Å². The van der Waals surface area contributed by atoms with Gasteiger partial charge in [0.1, 0.15) is 22.0 Å². The van der Waals surface area contributed by atoms with Gasteiger partial charge in [0, 0.05) is 38.7 Å². The molecule has 0 saturated carbocycles. The van der Waals surface area contributed by atoms with Gasteiger partial charge in [0.25, 0.3) is 11.8 Å². The second-order valence-corrected chi connectivity index (χ2v) is 14.1. The third kappa shape index (κ3) is 9.48. The number of methoxy groups -OCH3 is 4. The van der Waals surface area contributed by atoms with Crippen molar-refractivity contribution in [2.45, 2.75) is 24.0 Å². The lowest BCUT2D eigenvalue weighted by Crippen LogP contribution is -2.30. The van der Waals surface area contributed by atoms with Crippen LogP contribution in [0.25, 0.3) is 17.2 Å². The van der Waals surface area contributed by atoms with E-state index in [-0.39, 0.29) is 17.2 Å². The molecule has 0 aliphatic rings. The second kappa shape index (κ2) is 18.1. The molecule has 13 heteroatoms. The summed E-state index contributed by atoms with van der Waals surface area (Å²) in [7, 11) is 5.77. The summed E-state index contributed by atoms with van der Waals surface area (Å²) in [6.45, 7) is 3.72. The van der Waals surface area contributed by atoms with Gasteiger partial charge in [0.15, 0.2) is 11.5 Å². The van der Waals surface area contributed by atoms with E-state index in [4.69, 9.17) is 18.9 Å². The zero-order valence-corrected chi connectivity index (χ0v) is 32.1. The first-order chi connectivity index (χ1) is 26.0. The summed E-state index contributed by atoms with van der Waals surface area (Å²) in [4.78, 5) is 54.0. The highest BCUT2D eigenvalue weighted by Crippen LogP contribution is 2.38. The maximum atomic E-state index is 13.8. The van der Waals surface area contributed by atoms with Crippen molar-refractivity contribution in [1.29, 1.82) is 0 Å². The fraction of sp³-hybridized carbons (Fsp3) is 0.171. The summed E-state index contributed by atoms with van der Waals surface area (Å²) in [5, 5.41) is 10.1. The molecule has 278 valence electrons. The number of rotatable bonds is 14. The maximum absolute atomic E-state index is 13.8. The molecule has 5 aromatic rings. The molecular formula is C41H39N3O8S2. The van der Waals surface area contributed by atoms with Crippen molar-refractivity contribution < 1.29 is 38.1 Å².